The average Bonchev–Trinajstić information content (AvgIpc) is 3.24. The van der Waals surface area contributed by atoms with Crippen LogP contribution in [-0.4, -0.2) is 8.07 Å². The second-order valence-electron chi connectivity index (χ2n) is 15.8. The number of hydrogen-bond donors (Lipinski definition) is 0. The predicted octanol–water partition coefficient (Wildman–Crippen LogP) is 14.9. The summed E-state index contributed by atoms with van der Waals surface area (Å²) in [6.45, 7) is 7.21. The minimum Gasteiger partial charge on any atom is -0.310 e. The Hall–Kier alpha value is -6.68. The smallest absolute Gasteiger partial charge is 0.0775 e. The molecule has 10 aromatic carbocycles. The lowest BCUT2D eigenvalue weighted by molar-refractivity contribution is 1.29. The van der Waals surface area contributed by atoms with Crippen molar-refractivity contribution in [1.29, 1.82) is 0 Å². The van der Waals surface area contributed by atoms with Gasteiger partial charge in [0.2, 0.25) is 0 Å². The lowest BCUT2D eigenvalue weighted by Crippen LogP contribution is -2.37. The van der Waals surface area contributed by atoms with Crippen LogP contribution in [0.2, 0.25) is 19.6 Å². The van der Waals surface area contributed by atoms with Crippen molar-refractivity contribution >= 4 is 101 Å². The summed E-state index contributed by atoms with van der Waals surface area (Å²) < 4.78 is 0. The number of fused-ring (bicyclic) bond motifs is 9. The first-order chi connectivity index (χ1) is 27.4. The first-order valence-electron chi connectivity index (χ1n) is 19.5. The van der Waals surface area contributed by atoms with Crippen LogP contribution >= 0.6 is 0 Å². The Kier molecular flexibility index (Phi) is 8.20. The number of hydrogen-bond acceptors (Lipinski definition) is 2. The normalized spacial score (nSPS) is 11.8. The van der Waals surface area contributed by atoms with Gasteiger partial charge >= 0.3 is 0 Å². The molecule has 0 spiro atoms. The van der Waals surface area contributed by atoms with Crippen LogP contribution in [0.25, 0.3) is 53.9 Å². The molecule has 0 N–H and O–H groups in total. The zero-order chi connectivity index (χ0) is 37.8. The summed E-state index contributed by atoms with van der Waals surface area (Å²) in [5.74, 6) is 0. The Bertz CT molecular complexity index is 3040. The van der Waals surface area contributed by atoms with Crippen molar-refractivity contribution in [2.75, 3.05) is 9.80 Å². The maximum Gasteiger partial charge on any atom is 0.0775 e. The predicted molar refractivity (Wildman–Crippen MR) is 246 cm³/mol. The van der Waals surface area contributed by atoms with Crippen molar-refractivity contribution in [2.45, 2.75) is 19.6 Å². The van der Waals surface area contributed by atoms with Gasteiger partial charge in [0.15, 0.2) is 0 Å². The largest absolute Gasteiger partial charge is 0.310 e. The van der Waals surface area contributed by atoms with Crippen LogP contribution in [0, 0.1) is 0 Å². The quantitative estimate of drug-likeness (QED) is 0.119. The fraction of sp³-hybridized carbons (Fsp3) is 0.0566. The van der Waals surface area contributed by atoms with Gasteiger partial charge in [-0.1, -0.05) is 152 Å². The molecule has 2 nitrogen and oxygen atoms in total. The highest BCUT2D eigenvalue weighted by atomic mass is 28.3. The van der Waals surface area contributed by atoms with Gasteiger partial charge in [0, 0.05) is 34.1 Å². The van der Waals surface area contributed by atoms with Crippen LogP contribution in [0.5, 0.6) is 0 Å². The highest BCUT2D eigenvalue weighted by molar-refractivity contribution is 6.88. The number of anilines is 6. The molecule has 0 saturated carbocycles. The second kappa shape index (κ2) is 13.6. The Labute approximate surface area is 329 Å². The number of rotatable bonds is 7. The number of para-hydroxylation sites is 2. The van der Waals surface area contributed by atoms with Gasteiger partial charge in [0.25, 0.3) is 0 Å². The molecule has 0 fully saturated rings. The fourth-order valence-corrected chi connectivity index (χ4v) is 9.68. The first kappa shape index (κ1) is 33.9. The Balaban J connectivity index is 1.15. The van der Waals surface area contributed by atoms with Gasteiger partial charge in [0.1, 0.15) is 0 Å². The van der Waals surface area contributed by atoms with Gasteiger partial charge in [-0.25, -0.2) is 0 Å². The third-order valence-corrected chi connectivity index (χ3v) is 13.4. The lowest BCUT2D eigenvalue weighted by atomic mass is 9.90. The first-order valence-corrected chi connectivity index (χ1v) is 23.0. The van der Waals surface area contributed by atoms with Crippen molar-refractivity contribution in [2.24, 2.45) is 0 Å². The minimum atomic E-state index is -1.42. The summed E-state index contributed by atoms with van der Waals surface area (Å²) in [6.07, 6.45) is 0. The molecule has 3 heteroatoms. The molecular weight excluding hydrogens is 693 g/mol. The molecule has 0 heterocycles. The highest BCUT2D eigenvalue weighted by Gasteiger charge is 2.20. The standard InChI is InChI=1S/C53H42N2Si/c1-56(2,3)46-29-25-42(26-30-46)54(40-16-6-4-7-17-40)44-27-32-47-39(35-44)23-31-51-49-33-28-45(36-52(49)48-20-12-13-21-50(48)53(47)51)55(41-18-8-5-9-19-41)43-24-22-37-14-10-11-15-38(37)34-43/h4-36H,1-3H3. The second-order valence-corrected chi connectivity index (χ2v) is 20.9. The summed E-state index contributed by atoms with van der Waals surface area (Å²) in [5.41, 5.74) is 6.86. The van der Waals surface area contributed by atoms with E-state index in [1.807, 2.05) is 0 Å². The molecule has 56 heavy (non-hydrogen) atoms. The molecule has 0 aliphatic carbocycles. The molecule has 0 amide bonds. The summed E-state index contributed by atoms with van der Waals surface area (Å²) in [6, 6.07) is 73.6. The van der Waals surface area contributed by atoms with Gasteiger partial charge < -0.3 is 9.80 Å². The molecule has 0 bridgehead atoms. The van der Waals surface area contributed by atoms with Crippen LogP contribution in [0.15, 0.2) is 200 Å². The van der Waals surface area contributed by atoms with Crippen LogP contribution in [-0.2, 0) is 0 Å². The van der Waals surface area contributed by atoms with E-state index in [-0.39, 0.29) is 0 Å². The molecular formula is C53H42N2Si. The van der Waals surface area contributed by atoms with Crippen molar-refractivity contribution in [1.82, 2.24) is 0 Å². The fourth-order valence-electron chi connectivity index (χ4n) is 8.51. The monoisotopic (exact) mass is 734 g/mol. The van der Waals surface area contributed by atoms with Crippen LogP contribution < -0.4 is 15.0 Å². The van der Waals surface area contributed by atoms with E-state index in [0.717, 1.165) is 28.4 Å². The van der Waals surface area contributed by atoms with Crippen LogP contribution in [0.4, 0.5) is 34.1 Å². The summed E-state index contributed by atoms with van der Waals surface area (Å²) in [5, 5.41) is 14.0. The van der Waals surface area contributed by atoms with E-state index in [4.69, 9.17) is 0 Å². The van der Waals surface area contributed by atoms with Gasteiger partial charge in [-0.3, -0.25) is 0 Å². The number of nitrogens with zero attached hydrogens (tertiary/aromatic N) is 2. The number of benzene rings is 10. The molecule has 0 unspecified atom stereocenters. The summed E-state index contributed by atoms with van der Waals surface area (Å²) in [4.78, 5) is 4.76. The Morgan fingerprint density at radius 2 is 0.714 bits per heavy atom. The summed E-state index contributed by atoms with van der Waals surface area (Å²) in [7, 11) is -1.42. The lowest BCUT2D eigenvalue weighted by Gasteiger charge is -2.27. The topological polar surface area (TPSA) is 6.48 Å². The van der Waals surface area contributed by atoms with Crippen LogP contribution in [0.1, 0.15) is 0 Å². The van der Waals surface area contributed by atoms with Crippen molar-refractivity contribution < 1.29 is 0 Å². The molecule has 0 radical (unpaired) electrons. The maximum atomic E-state index is 2.40. The Morgan fingerprint density at radius 1 is 0.286 bits per heavy atom. The van der Waals surface area contributed by atoms with E-state index >= 15 is 0 Å². The Morgan fingerprint density at radius 3 is 1.39 bits per heavy atom. The third kappa shape index (κ3) is 5.89. The van der Waals surface area contributed by atoms with Crippen LogP contribution in [0.3, 0.4) is 0 Å². The SMILES string of the molecule is C[Si](C)(C)c1ccc(N(c2ccccc2)c2ccc3c(ccc4c5ccc(N(c6ccccc6)c6ccc7ccccc7c6)cc5c5ccccc5c34)c2)cc1. The maximum absolute atomic E-state index is 2.40. The van der Waals surface area contributed by atoms with E-state index in [0.29, 0.717) is 0 Å². The zero-order valence-electron chi connectivity index (χ0n) is 31.9. The molecule has 268 valence electrons. The molecule has 10 rings (SSSR count). The van der Waals surface area contributed by atoms with Gasteiger partial charge in [-0.2, -0.15) is 0 Å². The molecule has 0 aliphatic rings. The van der Waals surface area contributed by atoms with E-state index in [9.17, 15) is 0 Å². The third-order valence-electron chi connectivity index (χ3n) is 11.3. The molecule has 0 atom stereocenters. The average molecular weight is 735 g/mol. The summed E-state index contributed by atoms with van der Waals surface area (Å²) >= 11 is 0. The van der Waals surface area contributed by atoms with Gasteiger partial charge in [0.05, 0.1) is 8.07 Å². The molecule has 0 saturated heterocycles. The van der Waals surface area contributed by atoms with Crippen molar-refractivity contribution in [3.63, 3.8) is 0 Å². The van der Waals surface area contributed by atoms with Gasteiger partial charge in [-0.15, -0.1) is 0 Å². The highest BCUT2D eigenvalue weighted by Crippen LogP contribution is 2.44. The van der Waals surface area contributed by atoms with Crippen molar-refractivity contribution in [3.05, 3.63) is 200 Å². The molecule has 0 aromatic heterocycles. The van der Waals surface area contributed by atoms with E-state index in [1.54, 1.807) is 0 Å². The molecule has 10 aromatic rings. The van der Waals surface area contributed by atoms with E-state index in [1.165, 1.54) is 64.7 Å². The van der Waals surface area contributed by atoms with E-state index < -0.39 is 8.07 Å². The van der Waals surface area contributed by atoms with Gasteiger partial charge in [-0.05, 0) is 127 Å². The minimum absolute atomic E-state index is 1.13. The molecule has 0 aliphatic heterocycles. The van der Waals surface area contributed by atoms with Crippen molar-refractivity contribution in [3.8, 4) is 0 Å². The zero-order valence-corrected chi connectivity index (χ0v) is 32.9. The van der Waals surface area contributed by atoms with E-state index in [2.05, 4.69) is 230 Å².